The van der Waals surface area contributed by atoms with Crippen molar-refractivity contribution in [2.45, 2.75) is 73.2 Å². The van der Waals surface area contributed by atoms with Crippen molar-refractivity contribution in [1.82, 2.24) is 0 Å². The van der Waals surface area contributed by atoms with Crippen LogP contribution >= 0.6 is 0 Å². The van der Waals surface area contributed by atoms with Crippen LogP contribution in [0.2, 0.25) is 0 Å². The molecular formula is C35H34FOS+. The summed E-state index contributed by atoms with van der Waals surface area (Å²) in [4.78, 5) is 3.25. The molecule has 1 fully saturated rings. The van der Waals surface area contributed by atoms with Crippen molar-refractivity contribution in [2.75, 3.05) is 0 Å². The van der Waals surface area contributed by atoms with Crippen molar-refractivity contribution in [1.29, 1.82) is 0 Å². The molecule has 1 nitrogen and oxygen atoms in total. The minimum atomic E-state index is -0.676. The van der Waals surface area contributed by atoms with Crippen LogP contribution in [0.4, 0.5) is 4.39 Å². The van der Waals surface area contributed by atoms with E-state index in [0.29, 0.717) is 0 Å². The lowest BCUT2D eigenvalue weighted by molar-refractivity contribution is 0.0823. The fraction of sp³-hybridized carbons (Fsp3) is 0.257. The average molecular weight is 522 g/mol. The van der Waals surface area contributed by atoms with Gasteiger partial charge in [-0.25, -0.2) is 4.39 Å². The molecule has 4 aromatic carbocycles. The predicted octanol–water partition coefficient (Wildman–Crippen LogP) is 8.98. The first-order valence-electron chi connectivity index (χ1n) is 13.4. The van der Waals surface area contributed by atoms with Gasteiger partial charge in [-0.05, 0) is 99.9 Å². The number of rotatable bonds is 5. The van der Waals surface area contributed by atoms with E-state index < -0.39 is 16.5 Å². The highest BCUT2D eigenvalue weighted by atomic mass is 32.2. The van der Waals surface area contributed by atoms with Crippen LogP contribution in [0.25, 0.3) is 0 Å². The zero-order valence-corrected chi connectivity index (χ0v) is 23.2. The van der Waals surface area contributed by atoms with E-state index in [0.717, 1.165) is 52.4 Å². The third-order valence-electron chi connectivity index (χ3n) is 7.16. The number of benzene rings is 4. The second kappa shape index (κ2) is 11.5. The minimum Gasteiger partial charge on any atom is -0.471 e. The van der Waals surface area contributed by atoms with Gasteiger partial charge in [0.1, 0.15) is 0 Å². The maximum absolute atomic E-state index is 15.7. The van der Waals surface area contributed by atoms with Gasteiger partial charge >= 0.3 is 0 Å². The molecule has 38 heavy (non-hydrogen) atoms. The fourth-order valence-corrected chi connectivity index (χ4v) is 7.45. The Morgan fingerprint density at radius 3 is 1.84 bits per heavy atom. The van der Waals surface area contributed by atoms with E-state index in [1.54, 1.807) is 12.1 Å². The molecule has 5 rings (SSSR count). The summed E-state index contributed by atoms with van der Waals surface area (Å²) in [6.07, 6.45) is 4.85. The van der Waals surface area contributed by atoms with Gasteiger partial charge in [0.25, 0.3) is 0 Å². The Hall–Kier alpha value is -3.48. The van der Waals surface area contributed by atoms with E-state index in [2.05, 4.69) is 69.0 Å². The third-order valence-corrected chi connectivity index (χ3v) is 9.37. The van der Waals surface area contributed by atoms with E-state index >= 15 is 4.39 Å². The number of ether oxygens (including phenoxy) is 1. The highest BCUT2D eigenvalue weighted by molar-refractivity contribution is 7.97. The molecule has 0 amide bonds. The highest BCUT2D eigenvalue weighted by Crippen LogP contribution is 2.37. The maximum Gasteiger partial charge on any atom is 0.170 e. The number of aryl methyl sites for hydroxylation is 3. The Kier molecular flexibility index (Phi) is 7.91. The minimum absolute atomic E-state index is 0.284. The first-order chi connectivity index (χ1) is 18.4. The van der Waals surface area contributed by atoms with Crippen molar-refractivity contribution in [2.24, 2.45) is 0 Å². The first kappa shape index (κ1) is 26.1. The van der Waals surface area contributed by atoms with Crippen LogP contribution in [-0.4, -0.2) is 5.60 Å². The summed E-state index contributed by atoms with van der Waals surface area (Å²) in [5.74, 6) is 6.87. The van der Waals surface area contributed by atoms with Gasteiger partial charge in [0.05, 0.1) is 10.9 Å². The molecule has 0 spiro atoms. The van der Waals surface area contributed by atoms with Gasteiger partial charge in [0, 0.05) is 11.6 Å². The quantitative estimate of drug-likeness (QED) is 0.188. The molecule has 0 unspecified atom stereocenters. The van der Waals surface area contributed by atoms with Crippen LogP contribution < -0.4 is 4.74 Å². The molecule has 1 saturated carbocycles. The zero-order valence-electron chi connectivity index (χ0n) is 22.4. The van der Waals surface area contributed by atoms with Crippen molar-refractivity contribution in [3.05, 3.63) is 119 Å². The topological polar surface area (TPSA) is 9.23 Å². The summed E-state index contributed by atoms with van der Waals surface area (Å²) in [6.45, 7) is 6.32. The molecule has 1 aliphatic rings. The SMILES string of the molecule is Cc1cc(C)c(C#CC2(Oc3ccc([S+](c4ccccc4)c4ccccc4)cc3F)CCCCC2)c(C)c1. The second-order valence-corrected chi connectivity index (χ2v) is 12.2. The summed E-state index contributed by atoms with van der Waals surface area (Å²) in [5, 5.41) is 0. The van der Waals surface area contributed by atoms with Gasteiger partial charge in [-0.2, -0.15) is 0 Å². The number of halogens is 1. The molecule has 0 heterocycles. The lowest BCUT2D eigenvalue weighted by atomic mass is 9.84. The predicted molar refractivity (Wildman–Crippen MR) is 155 cm³/mol. The standard InChI is InChI=1S/C35H34FOS/c1-26-23-27(2)32(28(3)24-26)19-22-35(20-11-6-12-21-35)37-34-18-17-31(25-33(34)36)38(29-13-7-4-8-14-29)30-15-9-5-10-16-30/h4-5,7-10,13-18,23-25H,6,11-12,20-21H2,1-3H3/q+1. The summed E-state index contributed by atoms with van der Waals surface area (Å²) in [6, 6.07) is 30.4. The fourth-order valence-electron chi connectivity index (χ4n) is 5.35. The van der Waals surface area contributed by atoms with Gasteiger partial charge in [0.15, 0.2) is 31.9 Å². The molecule has 1 aliphatic carbocycles. The molecular weight excluding hydrogens is 487 g/mol. The summed E-state index contributed by atoms with van der Waals surface area (Å²) >= 11 is 0. The zero-order chi connectivity index (χ0) is 26.5. The Labute approximate surface area is 229 Å². The van der Waals surface area contributed by atoms with Crippen LogP contribution in [0.15, 0.2) is 106 Å². The van der Waals surface area contributed by atoms with Gasteiger partial charge in [-0.1, -0.05) is 66.4 Å². The van der Waals surface area contributed by atoms with Crippen LogP contribution in [0.1, 0.15) is 54.4 Å². The summed E-state index contributed by atoms with van der Waals surface area (Å²) < 4.78 is 22.2. The first-order valence-corrected chi connectivity index (χ1v) is 14.6. The Morgan fingerprint density at radius 2 is 1.29 bits per heavy atom. The molecule has 4 aromatic rings. The van der Waals surface area contributed by atoms with E-state index in [-0.39, 0.29) is 11.6 Å². The average Bonchev–Trinajstić information content (AvgIpc) is 2.92. The normalized spacial score (nSPS) is 14.6. The van der Waals surface area contributed by atoms with Gasteiger partial charge in [0.2, 0.25) is 0 Å². The van der Waals surface area contributed by atoms with Crippen LogP contribution in [0.3, 0.4) is 0 Å². The van der Waals surface area contributed by atoms with Crippen LogP contribution in [0.5, 0.6) is 5.75 Å². The third kappa shape index (κ3) is 5.82. The Bertz CT molecular complexity index is 1400. The molecule has 3 heteroatoms. The van der Waals surface area contributed by atoms with Crippen LogP contribution in [0, 0.1) is 38.4 Å². The summed E-state index contributed by atoms with van der Waals surface area (Å²) in [7, 11) is -0.409. The molecule has 0 aromatic heterocycles. The lowest BCUT2D eigenvalue weighted by Crippen LogP contribution is -2.37. The van der Waals surface area contributed by atoms with E-state index in [4.69, 9.17) is 4.74 Å². The molecule has 0 N–H and O–H groups in total. The highest BCUT2D eigenvalue weighted by Gasteiger charge is 2.35. The Morgan fingerprint density at radius 1 is 0.711 bits per heavy atom. The Balaban J connectivity index is 1.49. The van der Waals surface area contributed by atoms with Crippen molar-refractivity contribution in [3.63, 3.8) is 0 Å². The molecule has 0 radical (unpaired) electrons. The van der Waals surface area contributed by atoms with Crippen molar-refractivity contribution >= 4 is 10.9 Å². The van der Waals surface area contributed by atoms with E-state index in [1.165, 1.54) is 16.7 Å². The largest absolute Gasteiger partial charge is 0.471 e. The van der Waals surface area contributed by atoms with E-state index in [1.807, 2.05) is 42.5 Å². The lowest BCUT2D eigenvalue weighted by Gasteiger charge is -2.33. The van der Waals surface area contributed by atoms with E-state index in [9.17, 15) is 0 Å². The maximum atomic E-state index is 15.7. The molecule has 0 atom stereocenters. The van der Waals surface area contributed by atoms with Crippen molar-refractivity contribution < 1.29 is 9.13 Å². The van der Waals surface area contributed by atoms with Crippen molar-refractivity contribution in [3.8, 4) is 17.6 Å². The molecule has 0 bridgehead atoms. The summed E-state index contributed by atoms with van der Waals surface area (Å²) in [5.41, 5.74) is 3.96. The molecule has 192 valence electrons. The van der Waals surface area contributed by atoms with Gasteiger partial charge in [-0.3, -0.25) is 0 Å². The number of hydrogen-bond donors (Lipinski definition) is 0. The van der Waals surface area contributed by atoms with Gasteiger partial charge < -0.3 is 4.74 Å². The monoisotopic (exact) mass is 521 g/mol. The number of hydrogen-bond acceptors (Lipinski definition) is 1. The van der Waals surface area contributed by atoms with Gasteiger partial charge in [-0.15, -0.1) is 0 Å². The smallest absolute Gasteiger partial charge is 0.170 e. The molecule has 0 aliphatic heterocycles. The molecule has 0 saturated heterocycles. The van der Waals surface area contributed by atoms with Crippen LogP contribution in [-0.2, 0) is 10.9 Å². The second-order valence-electron chi connectivity index (χ2n) is 10.2.